The van der Waals surface area contributed by atoms with Crippen molar-refractivity contribution in [3.05, 3.63) is 122 Å². The fourth-order valence-electron chi connectivity index (χ4n) is 7.79. The Hall–Kier alpha value is -4.12. The van der Waals surface area contributed by atoms with E-state index in [1.807, 2.05) is 6.08 Å². The third-order valence-corrected chi connectivity index (χ3v) is 13.3. The maximum atomic E-state index is 12.9. The van der Waals surface area contributed by atoms with E-state index in [9.17, 15) is 28.9 Å². The first-order valence-electron chi connectivity index (χ1n) is 30.4. The van der Waals surface area contributed by atoms with Gasteiger partial charge in [0.1, 0.15) is 12.7 Å². The average molecular weight is 1110 g/mol. The Balaban J connectivity index is 4.83. The van der Waals surface area contributed by atoms with Gasteiger partial charge in [-0.1, -0.05) is 219 Å². The molecule has 0 fully saturated rings. The van der Waals surface area contributed by atoms with Crippen molar-refractivity contribution in [2.75, 3.05) is 26.4 Å². The van der Waals surface area contributed by atoms with Gasteiger partial charge in [0.25, 0.3) is 0 Å². The number of rotatable bonds is 55. The van der Waals surface area contributed by atoms with E-state index in [4.69, 9.17) is 23.3 Å². The molecule has 0 aromatic carbocycles. The van der Waals surface area contributed by atoms with Crippen LogP contribution in [0.15, 0.2) is 122 Å². The van der Waals surface area contributed by atoms with Gasteiger partial charge >= 0.3 is 25.7 Å². The van der Waals surface area contributed by atoms with Gasteiger partial charge < -0.3 is 24.2 Å². The number of aliphatic hydroxyl groups excluding tert-OH is 1. The molecule has 2 N–H and O–H groups in total. The lowest BCUT2D eigenvalue weighted by molar-refractivity contribution is -0.161. The molecule has 12 heteroatoms. The van der Waals surface area contributed by atoms with E-state index in [0.717, 1.165) is 109 Å². The van der Waals surface area contributed by atoms with Crippen molar-refractivity contribution >= 4 is 25.7 Å². The minimum absolute atomic E-state index is 0.121. The molecule has 0 aromatic rings. The molecule has 0 saturated carbocycles. The lowest BCUT2D eigenvalue weighted by atomic mass is 10.1. The predicted octanol–water partition coefficient (Wildman–Crippen LogP) is 18.4. The summed E-state index contributed by atoms with van der Waals surface area (Å²) in [6, 6.07) is 0. The molecular weight excluding hydrogens is 1000 g/mol. The van der Waals surface area contributed by atoms with Crippen LogP contribution in [0.25, 0.3) is 0 Å². The fourth-order valence-corrected chi connectivity index (χ4v) is 8.57. The van der Waals surface area contributed by atoms with Crippen molar-refractivity contribution < 1.29 is 52.2 Å². The van der Waals surface area contributed by atoms with Gasteiger partial charge in [0.2, 0.25) is 0 Å². The van der Waals surface area contributed by atoms with Crippen LogP contribution in [0.1, 0.15) is 239 Å². The van der Waals surface area contributed by atoms with Gasteiger partial charge in [-0.25, -0.2) is 4.57 Å². The van der Waals surface area contributed by atoms with Gasteiger partial charge in [-0.3, -0.25) is 23.4 Å². The molecule has 0 radical (unpaired) electrons. The topological polar surface area (TPSA) is 155 Å². The average Bonchev–Trinajstić information content (AvgIpc) is 3.43. The third kappa shape index (κ3) is 56.6. The molecule has 444 valence electrons. The van der Waals surface area contributed by atoms with Gasteiger partial charge in [0, 0.05) is 19.3 Å². The Morgan fingerprint density at radius 1 is 0.372 bits per heavy atom. The molecule has 0 amide bonds. The number of hydrogen-bond acceptors (Lipinski definition) is 10. The van der Waals surface area contributed by atoms with Crippen molar-refractivity contribution in [2.45, 2.75) is 251 Å². The number of carbonyl (C=O) groups is 3. The van der Waals surface area contributed by atoms with Crippen LogP contribution in [0.4, 0.5) is 0 Å². The van der Waals surface area contributed by atoms with Crippen LogP contribution in [0.5, 0.6) is 0 Å². The highest BCUT2D eigenvalue weighted by atomic mass is 31.2. The van der Waals surface area contributed by atoms with Crippen LogP contribution < -0.4 is 0 Å². The zero-order valence-corrected chi connectivity index (χ0v) is 50.0. The Bertz CT molecular complexity index is 1770. The van der Waals surface area contributed by atoms with E-state index in [1.165, 1.54) is 64.2 Å². The highest BCUT2D eigenvalue weighted by Gasteiger charge is 2.28. The first-order valence-corrected chi connectivity index (χ1v) is 31.9. The maximum Gasteiger partial charge on any atom is 0.472 e. The molecule has 3 unspecified atom stereocenters. The third-order valence-electron chi connectivity index (χ3n) is 12.3. The van der Waals surface area contributed by atoms with Crippen LogP contribution >= 0.6 is 7.82 Å². The summed E-state index contributed by atoms with van der Waals surface area (Å²) < 4.78 is 39.5. The summed E-state index contributed by atoms with van der Waals surface area (Å²) in [5.74, 6) is -1.58. The normalized spacial score (nSPS) is 14.2. The summed E-state index contributed by atoms with van der Waals surface area (Å²) in [4.78, 5) is 48.6. The molecular formula is C66H109O11P. The SMILES string of the molecule is CC/C=C\C/C=C\C/C=C\C/C=C\C/C=C\CCCC(=O)OCC(COP(=O)(O)OCC(CO)OC(=O)CCCCCCCCC/C=C\CCCCCCCC)OC(=O)CCCCCC/C=C\C/C=C\C/C=C\C/C=C\CC. The van der Waals surface area contributed by atoms with E-state index >= 15 is 0 Å². The van der Waals surface area contributed by atoms with Crippen LogP contribution in [-0.2, 0) is 42.2 Å². The van der Waals surface area contributed by atoms with E-state index in [2.05, 4.69) is 136 Å². The van der Waals surface area contributed by atoms with Gasteiger partial charge in [0.15, 0.2) is 6.10 Å². The summed E-state index contributed by atoms with van der Waals surface area (Å²) in [6.45, 7) is 4.32. The Morgan fingerprint density at radius 3 is 1.08 bits per heavy atom. The van der Waals surface area contributed by atoms with Crippen molar-refractivity contribution in [1.29, 1.82) is 0 Å². The Morgan fingerprint density at radius 2 is 0.679 bits per heavy atom. The summed E-state index contributed by atoms with van der Waals surface area (Å²) in [7, 11) is -4.78. The lowest BCUT2D eigenvalue weighted by Gasteiger charge is -2.21. The van der Waals surface area contributed by atoms with Crippen LogP contribution in [0.3, 0.4) is 0 Å². The standard InChI is InChI=1S/C66H109O11P/c1-4-7-10-13-16-19-22-25-28-31-34-37-40-43-46-49-52-55-64(68)73-59-63(77-66(70)57-54-51-48-45-42-39-36-33-30-27-24-21-18-15-12-9-6-3)61-75-78(71,72)74-60-62(58-67)76-65(69)56-53-50-47-44-41-38-35-32-29-26-23-20-17-14-11-8-5-2/h7,9-10,12,16,18-19,21,25-30,34,36-37,39,43,46,62-63,67H,4-6,8,11,13-15,17,20,22-24,31-33,35,38,40-42,44-45,47-61H2,1-3H3,(H,71,72)/b10-7-,12-9-,19-16-,21-18-,28-25-,29-26-,30-27-,37-34-,39-36-,46-43-. The van der Waals surface area contributed by atoms with Crippen molar-refractivity contribution in [2.24, 2.45) is 0 Å². The first kappa shape index (κ1) is 73.9. The molecule has 0 aliphatic heterocycles. The quantitative estimate of drug-likeness (QED) is 0.0197. The van der Waals surface area contributed by atoms with Crippen molar-refractivity contribution in [1.82, 2.24) is 0 Å². The minimum Gasteiger partial charge on any atom is -0.462 e. The fraction of sp³-hybridized carbons (Fsp3) is 0.652. The molecule has 3 atom stereocenters. The van der Waals surface area contributed by atoms with Gasteiger partial charge in [0.05, 0.1) is 19.8 Å². The number of phosphoric acid groups is 1. The van der Waals surface area contributed by atoms with E-state index in [0.29, 0.717) is 25.7 Å². The second kappa shape index (κ2) is 59.0. The molecule has 78 heavy (non-hydrogen) atoms. The molecule has 0 aliphatic rings. The number of ether oxygens (including phenoxy) is 3. The monoisotopic (exact) mass is 1110 g/mol. The second-order valence-electron chi connectivity index (χ2n) is 19.7. The molecule has 0 heterocycles. The number of esters is 3. The highest BCUT2D eigenvalue weighted by Crippen LogP contribution is 2.43. The molecule has 0 aromatic heterocycles. The predicted molar refractivity (Wildman–Crippen MR) is 325 cm³/mol. The number of unbranched alkanes of at least 4 members (excludes halogenated alkanes) is 18. The Kier molecular flexibility index (Phi) is 55.9. The van der Waals surface area contributed by atoms with Crippen LogP contribution in [-0.4, -0.2) is 66.5 Å². The summed E-state index contributed by atoms with van der Waals surface area (Å²) in [5, 5.41) is 9.84. The largest absolute Gasteiger partial charge is 0.472 e. The van der Waals surface area contributed by atoms with Crippen LogP contribution in [0.2, 0.25) is 0 Å². The number of phosphoric ester groups is 1. The van der Waals surface area contributed by atoms with E-state index < -0.39 is 57.8 Å². The minimum atomic E-state index is -4.78. The van der Waals surface area contributed by atoms with Gasteiger partial charge in [-0.2, -0.15) is 0 Å². The summed E-state index contributed by atoms with van der Waals surface area (Å²) in [5.41, 5.74) is 0. The number of carbonyl (C=O) groups excluding carboxylic acids is 3. The van der Waals surface area contributed by atoms with Gasteiger partial charge in [-0.15, -0.1) is 0 Å². The summed E-state index contributed by atoms with van der Waals surface area (Å²) in [6.07, 6.45) is 73.0. The number of allylic oxidation sites excluding steroid dienone is 20. The maximum absolute atomic E-state index is 12.9. The number of aliphatic hydroxyl groups is 1. The van der Waals surface area contributed by atoms with E-state index in [1.54, 1.807) is 0 Å². The molecule has 0 saturated heterocycles. The second-order valence-corrected chi connectivity index (χ2v) is 21.2. The van der Waals surface area contributed by atoms with Crippen molar-refractivity contribution in [3.8, 4) is 0 Å². The lowest BCUT2D eigenvalue weighted by Crippen LogP contribution is -2.30. The molecule has 0 aliphatic carbocycles. The Labute approximate surface area is 475 Å². The number of hydrogen-bond donors (Lipinski definition) is 2. The first-order chi connectivity index (χ1) is 38.2. The summed E-state index contributed by atoms with van der Waals surface area (Å²) >= 11 is 0. The highest BCUT2D eigenvalue weighted by molar-refractivity contribution is 7.47. The van der Waals surface area contributed by atoms with Crippen LogP contribution in [0, 0.1) is 0 Å². The molecule has 0 spiro atoms. The molecule has 0 rings (SSSR count). The molecule has 0 bridgehead atoms. The smallest absolute Gasteiger partial charge is 0.462 e. The zero-order chi connectivity index (χ0) is 56.9. The molecule has 11 nitrogen and oxygen atoms in total. The van der Waals surface area contributed by atoms with E-state index in [-0.39, 0.29) is 25.9 Å². The zero-order valence-electron chi connectivity index (χ0n) is 49.1. The van der Waals surface area contributed by atoms with Crippen molar-refractivity contribution in [3.63, 3.8) is 0 Å². The van der Waals surface area contributed by atoms with Gasteiger partial charge in [-0.05, 0) is 122 Å².